The molecule has 1 aromatic heterocycles. The second-order valence-corrected chi connectivity index (χ2v) is 7.52. The Morgan fingerprint density at radius 3 is 2.86 bits per heavy atom. The van der Waals surface area contributed by atoms with Gasteiger partial charge in [-0.1, -0.05) is 20.8 Å². The van der Waals surface area contributed by atoms with Gasteiger partial charge in [0, 0.05) is 36.5 Å². The van der Waals surface area contributed by atoms with Gasteiger partial charge in [-0.05, 0) is 6.92 Å². The molecule has 7 heteroatoms. The highest BCUT2D eigenvalue weighted by Gasteiger charge is 2.25. The fourth-order valence-corrected chi connectivity index (χ4v) is 2.90. The second kappa shape index (κ2) is 6.75. The Labute approximate surface area is 135 Å². The minimum Gasteiger partial charge on any atom is -0.337 e. The molecular formula is C15H24N4O2S. The van der Waals surface area contributed by atoms with Crippen LogP contribution in [-0.4, -0.2) is 47.4 Å². The van der Waals surface area contributed by atoms with Gasteiger partial charge in [-0.3, -0.25) is 9.59 Å². The van der Waals surface area contributed by atoms with Crippen molar-refractivity contribution in [3.05, 3.63) is 11.1 Å². The summed E-state index contributed by atoms with van der Waals surface area (Å²) >= 11 is 1.36. The van der Waals surface area contributed by atoms with E-state index in [0.29, 0.717) is 10.8 Å². The van der Waals surface area contributed by atoms with E-state index in [4.69, 9.17) is 0 Å². The van der Waals surface area contributed by atoms with E-state index >= 15 is 0 Å². The molecule has 0 aliphatic carbocycles. The van der Waals surface area contributed by atoms with E-state index in [1.165, 1.54) is 11.3 Å². The zero-order chi connectivity index (χ0) is 16.3. The molecule has 2 rings (SSSR count). The molecule has 0 unspecified atom stereocenters. The Morgan fingerprint density at radius 2 is 2.23 bits per heavy atom. The average molecular weight is 324 g/mol. The largest absolute Gasteiger partial charge is 0.337 e. The van der Waals surface area contributed by atoms with Crippen molar-refractivity contribution >= 4 is 28.3 Å². The maximum Gasteiger partial charge on any atom is 0.231 e. The molecule has 6 nitrogen and oxygen atoms in total. The lowest BCUT2D eigenvalue weighted by molar-refractivity contribution is -0.133. The predicted octanol–water partition coefficient (Wildman–Crippen LogP) is 1.49. The monoisotopic (exact) mass is 324 g/mol. The number of piperazine rings is 1. The van der Waals surface area contributed by atoms with E-state index in [9.17, 15) is 9.59 Å². The molecule has 22 heavy (non-hydrogen) atoms. The summed E-state index contributed by atoms with van der Waals surface area (Å²) in [4.78, 5) is 30.5. The van der Waals surface area contributed by atoms with Crippen molar-refractivity contribution in [2.45, 2.75) is 40.2 Å². The van der Waals surface area contributed by atoms with Crippen LogP contribution in [0.25, 0.3) is 0 Å². The van der Waals surface area contributed by atoms with Gasteiger partial charge in [0.05, 0.1) is 12.1 Å². The normalized spacial score (nSPS) is 19.1. The molecule has 0 spiro atoms. The summed E-state index contributed by atoms with van der Waals surface area (Å²) in [7, 11) is 0. The van der Waals surface area contributed by atoms with Crippen LogP contribution < -0.4 is 10.6 Å². The zero-order valence-corrected chi connectivity index (χ0v) is 14.4. The molecule has 122 valence electrons. The van der Waals surface area contributed by atoms with Gasteiger partial charge in [0.1, 0.15) is 0 Å². The quantitative estimate of drug-likeness (QED) is 0.883. The third-order valence-electron chi connectivity index (χ3n) is 3.61. The van der Waals surface area contributed by atoms with Gasteiger partial charge in [-0.2, -0.15) is 0 Å². The van der Waals surface area contributed by atoms with Crippen LogP contribution in [0.3, 0.4) is 0 Å². The molecule has 0 radical (unpaired) electrons. The average Bonchev–Trinajstić information content (AvgIpc) is 2.85. The minimum atomic E-state index is -0.460. The molecule has 1 atom stereocenters. The van der Waals surface area contributed by atoms with E-state index in [1.807, 2.05) is 38.0 Å². The highest BCUT2D eigenvalue weighted by molar-refractivity contribution is 7.13. The van der Waals surface area contributed by atoms with Crippen molar-refractivity contribution in [3.63, 3.8) is 0 Å². The van der Waals surface area contributed by atoms with Crippen molar-refractivity contribution < 1.29 is 9.59 Å². The Hall–Kier alpha value is -1.47. The van der Waals surface area contributed by atoms with Gasteiger partial charge < -0.3 is 15.5 Å². The molecule has 0 bridgehead atoms. The molecule has 1 saturated heterocycles. The SMILES string of the molecule is C[C@H]1CNCCN1C(=O)Cc1csc(NC(=O)C(C)(C)C)n1. The molecule has 0 aromatic carbocycles. The first-order valence-electron chi connectivity index (χ1n) is 7.53. The maximum absolute atomic E-state index is 12.3. The molecule has 2 heterocycles. The van der Waals surface area contributed by atoms with Gasteiger partial charge >= 0.3 is 0 Å². The van der Waals surface area contributed by atoms with E-state index in [0.717, 1.165) is 19.6 Å². The van der Waals surface area contributed by atoms with Gasteiger partial charge in [-0.15, -0.1) is 11.3 Å². The van der Waals surface area contributed by atoms with Crippen molar-refractivity contribution in [3.8, 4) is 0 Å². The second-order valence-electron chi connectivity index (χ2n) is 6.67. The smallest absolute Gasteiger partial charge is 0.231 e. The molecule has 1 aliphatic heterocycles. The molecule has 1 aromatic rings. The number of hydrogen-bond donors (Lipinski definition) is 2. The highest BCUT2D eigenvalue weighted by atomic mass is 32.1. The third kappa shape index (κ3) is 4.27. The van der Waals surface area contributed by atoms with Gasteiger partial charge in [0.25, 0.3) is 0 Å². The highest BCUT2D eigenvalue weighted by Crippen LogP contribution is 2.21. The van der Waals surface area contributed by atoms with Gasteiger partial charge in [0.2, 0.25) is 11.8 Å². The number of rotatable bonds is 3. The lowest BCUT2D eigenvalue weighted by Crippen LogP contribution is -2.52. The summed E-state index contributed by atoms with van der Waals surface area (Å²) in [6.07, 6.45) is 0.284. The van der Waals surface area contributed by atoms with Crippen LogP contribution in [-0.2, 0) is 16.0 Å². The fraction of sp³-hybridized carbons (Fsp3) is 0.667. The Balaban J connectivity index is 1.94. The first-order valence-corrected chi connectivity index (χ1v) is 8.41. The van der Waals surface area contributed by atoms with Crippen LogP contribution in [0.15, 0.2) is 5.38 Å². The maximum atomic E-state index is 12.3. The summed E-state index contributed by atoms with van der Waals surface area (Å²) in [5, 5.41) is 8.45. The molecule has 2 amide bonds. The Morgan fingerprint density at radius 1 is 1.50 bits per heavy atom. The summed E-state index contributed by atoms with van der Waals surface area (Å²) in [6, 6.07) is 0.208. The first kappa shape index (κ1) is 16.9. The topological polar surface area (TPSA) is 74.3 Å². The van der Waals surface area contributed by atoms with Crippen molar-refractivity contribution in [2.24, 2.45) is 5.41 Å². The number of anilines is 1. The van der Waals surface area contributed by atoms with Crippen LogP contribution >= 0.6 is 11.3 Å². The first-order chi connectivity index (χ1) is 10.3. The van der Waals surface area contributed by atoms with Gasteiger partial charge in [-0.25, -0.2) is 4.98 Å². The summed E-state index contributed by atoms with van der Waals surface area (Å²) in [6.45, 7) is 10.00. The number of carbonyl (C=O) groups excluding carboxylic acids is 2. The summed E-state index contributed by atoms with van der Waals surface area (Å²) in [5.41, 5.74) is 0.252. The van der Waals surface area contributed by atoms with E-state index in [-0.39, 0.29) is 24.3 Å². The van der Waals surface area contributed by atoms with Crippen molar-refractivity contribution in [1.29, 1.82) is 0 Å². The molecular weight excluding hydrogens is 300 g/mol. The van der Waals surface area contributed by atoms with Crippen LogP contribution in [0.2, 0.25) is 0 Å². The summed E-state index contributed by atoms with van der Waals surface area (Å²) < 4.78 is 0. The molecule has 1 aliphatic rings. The number of thiazole rings is 1. The Kier molecular flexibility index (Phi) is 5.18. The molecule has 1 fully saturated rings. The lowest BCUT2D eigenvalue weighted by Gasteiger charge is -2.33. The van der Waals surface area contributed by atoms with Crippen LogP contribution in [0, 0.1) is 5.41 Å². The number of amides is 2. The fourth-order valence-electron chi connectivity index (χ4n) is 2.20. The van der Waals surface area contributed by atoms with E-state index in [1.54, 1.807) is 0 Å². The summed E-state index contributed by atoms with van der Waals surface area (Å²) in [5.74, 6) is 0.0171. The lowest BCUT2D eigenvalue weighted by atomic mass is 9.96. The standard InChI is InChI=1S/C15H24N4O2S/c1-10-8-16-5-6-19(10)12(20)7-11-9-22-14(17-11)18-13(21)15(2,3)4/h9-10,16H,5-8H2,1-4H3,(H,17,18,21)/t10-/m0/s1. The number of carbonyl (C=O) groups is 2. The molecule has 2 N–H and O–H groups in total. The third-order valence-corrected chi connectivity index (χ3v) is 4.41. The Bertz CT molecular complexity index is 550. The van der Waals surface area contributed by atoms with Crippen LogP contribution in [0.4, 0.5) is 5.13 Å². The number of nitrogens with zero attached hydrogens (tertiary/aromatic N) is 2. The van der Waals surface area contributed by atoms with Crippen molar-refractivity contribution in [1.82, 2.24) is 15.2 Å². The molecule has 0 saturated carbocycles. The zero-order valence-electron chi connectivity index (χ0n) is 13.6. The van der Waals surface area contributed by atoms with Crippen LogP contribution in [0.1, 0.15) is 33.4 Å². The minimum absolute atomic E-state index is 0.0737. The van der Waals surface area contributed by atoms with Crippen LogP contribution in [0.5, 0.6) is 0 Å². The van der Waals surface area contributed by atoms with E-state index in [2.05, 4.69) is 15.6 Å². The van der Waals surface area contributed by atoms with Gasteiger partial charge in [0.15, 0.2) is 5.13 Å². The predicted molar refractivity (Wildman–Crippen MR) is 87.9 cm³/mol. The van der Waals surface area contributed by atoms with Crippen molar-refractivity contribution in [2.75, 3.05) is 25.0 Å². The van der Waals surface area contributed by atoms with E-state index < -0.39 is 5.41 Å². The number of aromatic nitrogens is 1. The number of hydrogen-bond acceptors (Lipinski definition) is 5. The number of nitrogens with one attached hydrogen (secondary N) is 2.